The van der Waals surface area contributed by atoms with E-state index in [0.717, 1.165) is 16.1 Å². The number of carbonyl (C=O) groups excluding carboxylic acids is 2. The molecule has 3 aromatic rings. The van der Waals surface area contributed by atoms with E-state index in [4.69, 9.17) is 27.9 Å². The van der Waals surface area contributed by atoms with Gasteiger partial charge in [0, 0.05) is 29.6 Å². The molecule has 2 amide bonds. The van der Waals surface area contributed by atoms with Crippen LogP contribution in [0.4, 0.5) is 5.69 Å². The van der Waals surface area contributed by atoms with Crippen LogP contribution in [-0.4, -0.2) is 57.6 Å². The maximum absolute atomic E-state index is 14.2. The first-order valence-electron chi connectivity index (χ1n) is 13.1. The normalized spacial score (nSPS) is 12.1. The predicted molar refractivity (Wildman–Crippen MR) is 164 cm³/mol. The third-order valence-corrected chi connectivity index (χ3v) is 8.07. The molecule has 0 spiro atoms. The fourth-order valence-corrected chi connectivity index (χ4v) is 5.45. The average Bonchev–Trinajstić information content (AvgIpc) is 2.93. The van der Waals surface area contributed by atoms with Gasteiger partial charge in [0.05, 0.1) is 19.1 Å². The average molecular weight is 621 g/mol. The van der Waals surface area contributed by atoms with E-state index >= 15 is 0 Å². The molecule has 0 saturated carbocycles. The highest BCUT2D eigenvalue weighted by Crippen LogP contribution is 2.33. The minimum atomic E-state index is -3.98. The van der Waals surface area contributed by atoms with Crippen molar-refractivity contribution < 1.29 is 22.7 Å². The standard InChI is InChI=1S/C30H35Cl2N3O5S/c1-21(2)18-33-30(37)27(16-22-10-6-5-7-11-22)34(19-23-12-8-9-13-25(23)32)29(36)20-35(41(4,38)39)26-17-24(31)14-15-28(26)40-3/h5-15,17,21,27H,16,18-20H2,1-4H3,(H,33,37)/t27-/m1/s1. The van der Waals surface area contributed by atoms with Crippen LogP contribution in [0.5, 0.6) is 5.75 Å². The van der Waals surface area contributed by atoms with E-state index in [1.54, 1.807) is 30.3 Å². The van der Waals surface area contributed by atoms with E-state index in [-0.39, 0.29) is 41.3 Å². The molecule has 1 N–H and O–H groups in total. The highest BCUT2D eigenvalue weighted by Gasteiger charge is 2.34. The molecule has 0 radical (unpaired) electrons. The summed E-state index contributed by atoms with van der Waals surface area (Å²) in [7, 11) is -2.59. The summed E-state index contributed by atoms with van der Waals surface area (Å²) in [5.74, 6) is -0.548. The molecule has 0 saturated heterocycles. The largest absolute Gasteiger partial charge is 0.495 e. The number of ether oxygens (including phenoxy) is 1. The van der Waals surface area contributed by atoms with Gasteiger partial charge in [0.2, 0.25) is 21.8 Å². The summed E-state index contributed by atoms with van der Waals surface area (Å²) in [6.45, 7) is 3.74. The third kappa shape index (κ3) is 9.11. The number of anilines is 1. The van der Waals surface area contributed by atoms with Crippen molar-refractivity contribution in [3.63, 3.8) is 0 Å². The Labute approximate surface area is 252 Å². The molecule has 220 valence electrons. The predicted octanol–water partition coefficient (Wildman–Crippen LogP) is 5.18. The molecule has 1 atom stereocenters. The van der Waals surface area contributed by atoms with Crippen molar-refractivity contribution in [2.45, 2.75) is 32.9 Å². The molecule has 8 nitrogen and oxygen atoms in total. The van der Waals surface area contributed by atoms with Gasteiger partial charge in [-0.2, -0.15) is 0 Å². The monoisotopic (exact) mass is 619 g/mol. The van der Waals surface area contributed by atoms with E-state index in [9.17, 15) is 18.0 Å². The van der Waals surface area contributed by atoms with Crippen LogP contribution < -0.4 is 14.4 Å². The number of sulfonamides is 1. The Morgan fingerprint density at radius 3 is 2.24 bits per heavy atom. The minimum absolute atomic E-state index is 0.0185. The smallest absolute Gasteiger partial charge is 0.244 e. The molecule has 0 fully saturated rings. The van der Waals surface area contributed by atoms with Gasteiger partial charge in [0.1, 0.15) is 18.3 Å². The van der Waals surface area contributed by atoms with E-state index in [1.807, 2.05) is 44.2 Å². The molecular formula is C30H35Cl2N3O5S. The number of nitrogens with one attached hydrogen (secondary N) is 1. The molecule has 0 unspecified atom stereocenters. The maximum Gasteiger partial charge on any atom is 0.244 e. The summed E-state index contributed by atoms with van der Waals surface area (Å²) in [4.78, 5) is 29.2. The summed E-state index contributed by atoms with van der Waals surface area (Å²) in [6, 6.07) is 19.9. The number of amides is 2. The van der Waals surface area contributed by atoms with Gasteiger partial charge >= 0.3 is 0 Å². The molecule has 41 heavy (non-hydrogen) atoms. The van der Waals surface area contributed by atoms with Gasteiger partial charge in [-0.1, -0.05) is 85.6 Å². The van der Waals surface area contributed by atoms with Crippen LogP contribution in [0.1, 0.15) is 25.0 Å². The van der Waals surface area contributed by atoms with Crippen molar-refractivity contribution in [3.8, 4) is 5.75 Å². The highest BCUT2D eigenvalue weighted by molar-refractivity contribution is 7.92. The second kappa shape index (κ2) is 14.6. The first kappa shape index (κ1) is 32.2. The molecule has 0 aliphatic carbocycles. The SMILES string of the molecule is COc1ccc(Cl)cc1N(CC(=O)N(Cc1ccccc1Cl)[C@H](Cc1ccccc1)C(=O)NCC(C)C)S(C)(=O)=O. The van der Waals surface area contributed by atoms with Crippen molar-refractivity contribution in [1.82, 2.24) is 10.2 Å². The Bertz CT molecular complexity index is 1450. The summed E-state index contributed by atoms with van der Waals surface area (Å²) in [5.41, 5.74) is 1.56. The lowest BCUT2D eigenvalue weighted by Crippen LogP contribution is -2.53. The Morgan fingerprint density at radius 2 is 1.63 bits per heavy atom. The number of halogens is 2. The highest BCUT2D eigenvalue weighted by atomic mass is 35.5. The summed E-state index contributed by atoms with van der Waals surface area (Å²) in [5, 5.41) is 3.63. The van der Waals surface area contributed by atoms with Crippen LogP contribution >= 0.6 is 23.2 Å². The van der Waals surface area contributed by atoms with Crippen molar-refractivity contribution in [3.05, 3.63) is 94.0 Å². The first-order chi connectivity index (χ1) is 19.4. The van der Waals surface area contributed by atoms with E-state index in [2.05, 4.69) is 5.32 Å². The van der Waals surface area contributed by atoms with Crippen molar-refractivity contribution >= 4 is 50.7 Å². The van der Waals surface area contributed by atoms with Crippen molar-refractivity contribution in [2.24, 2.45) is 5.92 Å². The van der Waals surface area contributed by atoms with Crippen LogP contribution in [0.2, 0.25) is 10.0 Å². The van der Waals surface area contributed by atoms with E-state index in [0.29, 0.717) is 17.1 Å². The quantitative estimate of drug-likeness (QED) is 0.284. The van der Waals surface area contributed by atoms with Gasteiger partial charge in [-0.05, 0) is 41.3 Å². The van der Waals surface area contributed by atoms with Gasteiger partial charge in [-0.15, -0.1) is 0 Å². The Hall–Kier alpha value is -3.27. The summed E-state index contributed by atoms with van der Waals surface area (Å²) >= 11 is 12.7. The van der Waals surface area contributed by atoms with Gasteiger partial charge in [0.15, 0.2) is 0 Å². The minimum Gasteiger partial charge on any atom is -0.495 e. The Kier molecular flexibility index (Phi) is 11.5. The van der Waals surface area contributed by atoms with Crippen molar-refractivity contribution in [2.75, 3.05) is 30.8 Å². The number of benzene rings is 3. The van der Waals surface area contributed by atoms with Crippen LogP contribution in [0.3, 0.4) is 0 Å². The maximum atomic E-state index is 14.2. The lowest BCUT2D eigenvalue weighted by Gasteiger charge is -2.34. The zero-order chi connectivity index (χ0) is 30.2. The lowest BCUT2D eigenvalue weighted by molar-refractivity contribution is -0.140. The number of hydrogen-bond donors (Lipinski definition) is 1. The number of carbonyl (C=O) groups is 2. The van der Waals surface area contributed by atoms with Crippen LogP contribution in [-0.2, 0) is 32.6 Å². The molecule has 3 aromatic carbocycles. The van der Waals surface area contributed by atoms with Crippen LogP contribution in [0, 0.1) is 5.92 Å². The molecule has 3 rings (SSSR count). The molecule has 0 aromatic heterocycles. The molecular weight excluding hydrogens is 585 g/mol. The van der Waals surface area contributed by atoms with Crippen molar-refractivity contribution in [1.29, 1.82) is 0 Å². The zero-order valence-corrected chi connectivity index (χ0v) is 25.8. The van der Waals surface area contributed by atoms with E-state index < -0.39 is 28.5 Å². The van der Waals surface area contributed by atoms with Crippen LogP contribution in [0.15, 0.2) is 72.8 Å². The number of methoxy groups -OCH3 is 1. The second-order valence-electron chi connectivity index (χ2n) is 10.0. The van der Waals surface area contributed by atoms with Crippen LogP contribution in [0.25, 0.3) is 0 Å². The topological polar surface area (TPSA) is 96.0 Å². The fourth-order valence-electron chi connectivity index (χ4n) is 4.24. The van der Waals surface area contributed by atoms with Gasteiger partial charge in [-0.25, -0.2) is 8.42 Å². The van der Waals surface area contributed by atoms with Gasteiger partial charge in [0.25, 0.3) is 0 Å². The number of nitrogens with zero attached hydrogens (tertiary/aromatic N) is 2. The van der Waals surface area contributed by atoms with Gasteiger partial charge < -0.3 is 15.0 Å². The molecule has 0 aliphatic rings. The van der Waals surface area contributed by atoms with E-state index in [1.165, 1.54) is 24.1 Å². The number of hydrogen-bond acceptors (Lipinski definition) is 5. The fraction of sp³-hybridized carbons (Fsp3) is 0.333. The molecule has 0 aliphatic heterocycles. The molecule has 0 heterocycles. The zero-order valence-electron chi connectivity index (χ0n) is 23.5. The summed E-state index contributed by atoms with van der Waals surface area (Å²) < 4.78 is 32.3. The molecule has 0 bridgehead atoms. The molecule has 11 heteroatoms. The lowest BCUT2D eigenvalue weighted by atomic mass is 10.0. The third-order valence-electron chi connectivity index (χ3n) is 6.34. The second-order valence-corrected chi connectivity index (χ2v) is 12.8. The Balaban J connectivity index is 2.10. The first-order valence-corrected chi connectivity index (χ1v) is 15.7. The summed E-state index contributed by atoms with van der Waals surface area (Å²) in [6.07, 6.45) is 1.20. The Morgan fingerprint density at radius 1 is 0.976 bits per heavy atom. The van der Waals surface area contributed by atoms with Gasteiger partial charge in [-0.3, -0.25) is 13.9 Å². The number of rotatable bonds is 13.